The summed E-state index contributed by atoms with van der Waals surface area (Å²) in [5.41, 5.74) is 0.0231. The lowest BCUT2D eigenvalue weighted by molar-refractivity contribution is 0.0920. The van der Waals surface area contributed by atoms with Gasteiger partial charge in [-0.25, -0.2) is 8.78 Å². The Morgan fingerprint density at radius 1 is 1.28 bits per heavy atom. The van der Waals surface area contributed by atoms with E-state index in [1.54, 1.807) is 20.2 Å². The molecule has 1 unspecified atom stereocenters. The van der Waals surface area contributed by atoms with Crippen LogP contribution in [0.15, 0.2) is 47.5 Å². The van der Waals surface area contributed by atoms with E-state index in [-0.39, 0.29) is 23.4 Å². The van der Waals surface area contributed by atoms with Crippen LogP contribution in [-0.4, -0.2) is 43.2 Å². The molecule has 2 aromatic heterocycles. The fraction of sp³-hybridized carbons (Fsp3) is 0.263. The van der Waals surface area contributed by atoms with Gasteiger partial charge in [-0.3, -0.25) is 14.3 Å². The molecule has 0 saturated carbocycles. The van der Waals surface area contributed by atoms with Crippen LogP contribution in [0.1, 0.15) is 29.3 Å². The Kier molecular flexibility index (Phi) is 5.83. The predicted molar refractivity (Wildman–Crippen MR) is 101 cm³/mol. The van der Waals surface area contributed by atoms with Crippen molar-refractivity contribution in [1.29, 1.82) is 0 Å². The molecule has 3 rings (SSSR count). The van der Waals surface area contributed by atoms with Crippen molar-refractivity contribution in [2.45, 2.75) is 19.4 Å². The Balaban J connectivity index is 2.14. The van der Waals surface area contributed by atoms with Crippen molar-refractivity contribution in [3.8, 4) is 16.9 Å². The first-order chi connectivity index (χ1) is 13.8. The lowest BCUT2D eigenvalue weighted by Crippen LogP contribution is -2.39. The summed E-state index contributed by atoms with van der Waals surface area (Å²) < 4.78 is 28.1. The molecule has 29 heavy (non-hydrogen) atoms. The number of aromatic nitrogens is 4. The zero-order chi connectivity index (χ0) is 21.1. The normalized spacial score (nSPS) is 12.2. The largest absolute Gasteiger partial charge is 0.394 e. The summed E-state index contributed by atoms with van der Waals surface area (Å²) in [5.74, 6) is -0.679. The molecule has 2 N–H and O–H groups in total. The molecule has 0 fully saturated rings. The quantitative estimate of drug-likeness (QED) is 0.652. The molecule has 0 bridgehead atoms. The van der Waals surface area contributed by atoms with E-state index < -0.39 is 23.9 Å². The number of benzene rings is 1. The zero-order valence-electron chi connectivity index (χ0n) is 15.7. The number of carbonyl (C=O) groups excluding carboxylic acids is 1. The second-order valence-electron chi connectivity index (χ2n) is 6.51. The van der Waals surface area contributed by atoms with E-state index in [1.807, 2.05) is 0 Å². The summed E-state index contributed by atoms with van der Waals surface area (Å²) in [5, 5.41) is 20.0. The number of nitrogens with one attached hydrogen (secondary N) is 1. The van der Waals surface area contributed by atoms with Crippen LogP contribution in [0.3, 0.4) is 0 Å². The molecule has 0 saturated heterocycles. The van der Waals surface area contributed by atoms with Crippen molar-refractivity contribution < 1.29 is 18.7 Å². The number of aliphatic hydroxyl groups excluding tert-OH is 1. The Hall–Kier alpha value is -3.40. The molecule has 10 heteroatoms. The SMILES string of the molecule is CC(CO)NC(=O)c1cc(-c2ccc(C(F)F)cc2)nn(-c2cnn(C)c2)c1=O. The van der Waals surface area contributed by atoms with Gasteiger partial charge in [0.1, 0.15) is 11.3 Å². The van der Waals surface area contributed by atoms with Gasteiger partial charge in [0.25, 0.3) is 17.9 Å². The van der Waals surface area contributed by atoms with Gasteiger partial charge in [-0.1, -0.05) is 24.3 Å². The first-order valence-electron chi connectivity index (χ1n) is 8.73. The topological polar surface area (TPSA) is 102 Å². The number of amides is 1. The van der Waals surface area contributed by atoms with E-state index in [0.29, 0.717) is 11.3 Å². The number of carbonyl (C=O) groups is 1. The van der Waals surface area contributed by atoms with Crippen molar-refractivity contribution in [2.75, 3.05) is 6.61 Å². The van der Waals surface area contributed by atoms with Crippen LogP contribution in [0.5, 0.6) is 0 Å². The zero-order valence-corrected chi connectivity index (χ0v) is 15.7. The van der Waals surface area contributed by atoms with Crippen molar-refractivity contribution in [3.05, 3.63) is 64.2 Å². The number of aryl methyl sites for hydroxylation is 1. The molecule has 1 amide bonds. The standard InChI is InChI=1S/C19H19F2N5O3/c1-11(10-27)23-18(28)15-7-16(12-3-5-13(6-4-12)17(20)21)24-26(19(15)29)14-8-22-25(2)9-14/h3-9,11,17,27H,10H2,1-2H3,(H,23,28). The molecular formula is C19H19F2N5O3. The molecule has 0 radical (unpaired) electrons. The van der Waals surface area contributed by atoms with Crippen molar-refractivity contribution >= 4 is 5.91 Å². The number of nitrogens with zero attached hydrogens (tertiary/aromatic N) is 4. The molecule has 0 aliphatic carbocycles. The Labute approximate surface area is 164 Å². The number of hydrogen-bond acceptors (Lipinski definition) is 5. The monoisotopic (exact) mass is 403 g/mol. The minimum absolute atomic E-state index is 0.149. The summed E-state index contributed by atoms with van der Waals surface area (Å²) >= 11 is 0. The van der Waals surface area contributed by atoms with E-state index in [1.165, 1.54) is 41.2 Å². The smallest absolute Gasteiger partial charge is 0.284 e. The van der Waals surface area contributed by atoms with Gasteiger partial charge < -0.3 is 10.4 Å². The van der Waals surface area contributed by atoms with Crippen LogP contribution in [0.4, 0.5) is 8.78 Å². The van der Waals surface area contributed by atoms with Crippen LogP contribution in [0.25, 0.3) is 16.9 Å². The van der Waals surface area contributed by atoms with E-state index in [2.05, 4.69) is 15.5 Å². The molecule has 1 aromatic carbocycles. The second-order valence-corrected chi connectivity index (χ2v) is 6.51. The molecule has 0 aliphatic rings. The maximum Gasteiger partial charge on any atom is 0.284 e. The third-order valence-corrected chi connectivity index (χ3v) is 4.20. The summed E-state index contributed by atoms with van der Waals surface area (Å²) in [6.45, 7) is 1.29. The van der Waals surface area contributed by atoms with Gasteiger partial charge in [-0.05, 0) is 13.0 Å². The highest BCUT2D eigenvalue weighted by molar-refractivity contribution is 5.95. The van der Waals surface area contributed by atoms with Crippen molar-refractivity contribution in [1.82, 2.24) is 24.9 Å². The minimum Gasteiger partial charge on any atom is -0.394 e. The predicted octanol–water partition coefficient (Wildman–Crippen LogP) is 1.68. The fourth-order valence-corrected chi connectivity index (χ4v) is 2.64. The van der Waals surface area contributed by atoms with Crippen molar-refractivity contribution in [2.24, 2.45) is 7.05 Å². The van der Waals surface area contributed by atoms with Gasteiger partial charge in [0.2, 0.25) is 0 Å². The maximum atomic E-state index is 12.9. The third-order valence-electron chi connectivity index (χ3n) is 4.20. The van der Waals surface area contributed by atoms with Gasteiger partial charge in [0.05, 0.1) is 24.7 Å². The maximum absolute atomic E-state index is 12.9. The van der Waals surface area contributed by atoms with E-state index in [4.69, 9.17) is 5.11 Å². The molecule has 3 aromatic rings. The van der Waals surface area contributed by atoms with Crippen LogP contribution < -0.4 is 10.9 Å². The van der Waals surface area contributed by atoms with Crippen LogP contribution in [0, 0.1) is 0 Å². The van der Waals surface area contributed by atoms with Gasteiger partial charge in [-0.2, -0.15) is 14.9 Å². The van der Waals surface area contributed by atoms with Crippen molar-refractivity contribution in [3.63, 3.8) is 0 Å². The highest BCUT2D eigenvalue weighted by Gasteiger charge is 2.19. The highest BCUT2D eigenvalue weighted by Crippen LogP contribution is 2.23. The summed E-state index contributed by atoms with van der Waals surface area (Å²) in [7, 11) is 1.66. The lowest BCUT2D eigenvalue weighted by atomic mass is 10.1. The number of hydrogen-bond donors (Lipinski definition) is 2. The van der Waals surface area contributed by atoms with Gasteiger partial charge in [0.15, 0.2) is 0 Å². The Bertz CT molecular complexity index is 1080. The molecule has 152 valence electrons. The molecule has 2 heterocycles. The molecule has 1 atom stereocenters. The average Bonchev–Trinajstić information content (AvgIpc) is 3.14. The summed E-state index contributed by atoms with van der Waals surface area (Å²) in [4.78, 5) is 25.4. The number of alkyl halides is 2. The minimum atomic E-state index is -2.61. The molecule has 8 nitrogen and oxygen atoms in total. The average molecular weight is 403 g/mol. The van der Waals surface area contributed by atoms with Crippen LogP contribution in [-0.2, 0) is 7.05 Å². The first kappa shape index (κ1) is 20.3. The molecule has 0 aliphatic heterocycles. The van der Waals surface area contributed by atoms with Crippen LogP contribution >= 0.6 is 0 Å². The number of halogens is 2. The second kappa shape index (κ2) is 8.31. The molecule has 0 spiro atoms. The van der Waals surface area contributed by atoms with Gasteiger partial charge in [-0.15, -0.1) is 0 Å². The summed E-state index contributed by atoms with van der Waals surface area (Å²) in [6, 6.07) is 6.14. The number of aliphatic hydroxyl groups is 1. The summed E-state index contributed by atoms with van der Waals surface area (Å²) in [6.07, 6.45) is 0.356. The molecular weight excluding hydrogens is 384 g/mol. The van der Waals surface area contributed by atoms with Gasteiger partial charge in [0, 0.05) is 24.2 Å². The third kappa shape index (κ3) is 4.37. The van der Waals surface area contributed by atoms with Gasteiger partial charge >= 0.3 is 0 Å². The highest BCUT2D eigenvalue weighted by atomic mass is 19.3. The van der Waals surface area contributed by atoms with Crippen LogP contribution in [0.2, 0.25) is 0 Å². The lowest BCUT2D eigenvalue weighted by Gasteiger charge is -2.13. The van der Waals surface area contributed by atoms with E-state index in [9.17, 15) is 18.4 Å². The Morgan fingerprint density at radius 2 is 1.97 bits per heavy atom. The van der Waals surface area contributed by atoms with E-state index >= 15 is 0 Å². The first-order valence-corrected chi connectivity index (χ1v) is 8.73. The Morgan fingerprint density at radius 3 is 2.52 bits per heavy atom. The fourth-order valence-electron chi connectivity index (χ4n) is 2.64. The van der Waals surface area contributed by atoms with E-state index in [0.717, 1.165) is 4.68 Å². The number of rotatable bonds is 6.